The molecule has 0 radical (unpaired) electrons. The summed E-state index contributed by atoms with van der Waals surface area (Å²) in [5.74, 6) is 0.271. The Kier molecular flexibility index (Phi) is 6.26. The van der Waals surface area contributed by atoms with Crippen molar-refractivity contribution in [1.29, 1.82) is 5.26 Å². The summed E-state index contributed by atoms with van der Waals surface area (Å²) in [5.41, 5.74) is 4.25. The topological polar surface area (TPSA) is 107 Å². The summed E-state index contributed by atoms with van der Waals surface area (Å²) in [6, 6.07) is 12.1. The van der Waals surface area contributed by atoms with Crippen molar-refractivity contribution in [2.24, 2.45) is 0 Å². The zero-order chi connectivity index (χ0) is 23.4. The molecule has 2 aromatic carbocycles. The average molecular weight is 443 g/mol. The van der Waals surface area contributed by atoms with Crippen molar-refractivity contribution in [2.75, 3.05) is 28.6 Å². The van der Waals surface area contributed by atoms with E-state index in [-0.39, 0.29) is 11.5 Å². The molecule has 1 amide bonds. The van der Waals surface area contributed by atoms with Crippen LogP contribution < -0.4 is 15.5 Å². The quantitative estimate of drug-likeness (QED) is 0.609. The number of carbonyl (C=O) groups is 1. The number of anilines is 4. The molecule has 2 heterocycles. The Morgan fingerprint density at radius 1 is 1.21 bits per heavy atom. The average Bonchev–Trinajstić information content (AvgIpc) is 2.81. The highest BCUT2D eigenvalue weighted by Crippen LogP contribution is 2.26. The Morgan fingerprint density at radius 2 is 2.06 bits per heavy atom. The van der Waals surface area contributed by atoms with E-state index in [0.29, 0.717) is 31.4 Å². The lowest BCUT2D eigenvalue weighted by molar-refractivity contribution is -0.114. The predicted molar refractivity (Wildman–Crippen MR) is 125 cm³/mol. The lowest BCUT2D eigenvalue weighted by Crippen LogP contribution is -2.30. The molecule has 2 N–H and O–H groups in total. The van der Waals surface area contributed by atoms with Crippen LogP contribution in [-0.4, -0.2) is 33.9 Å². The third-order valence-electron chi connectivity index (χ3n) is 5.32. The number of aromatic nitrogens is 3. The molecule has 8 nitrogen and oxygen atoms in total. The molecule has 0 saturated heterocycles. The van der Waals surface area contributed by atoms with Crippen LogP contribution in [0.25, 0.3) is 5.57 Å². The van der Waals surface area contributed by atoms with E-state index in [1.807, 2.05) is 42.2 Å². The normalized spacial score (nSPS) is 13.2. The van der Waals surface area contributed by atoms with Crippen molar-refractivity contribution < 1.29 is 9.18 Å². The Labute approximate surface area is 190 Å². The van der Waals surface area contributed by atoms with Gasteiger partial charge in [-0.15, -0.1) is 0 Å². The van der Waals surface area contributed by atoms with Crippen LogP contribution in [0.3, 0.4) is 0 Å². The third-order valence-corrected chi connectivity index (χ3v) is 5.32. The molecule has 1 aliphatic heterocycles. The van der Waals surface area contributed by atoms with Crippen LogP contribution in [-0.2, 0) is 4.79 Å². The van der Waals surface area contributed by atoms with Crippen LogP contribution in [0.5, 0.6) is 0 Å². The van der Waals surface area contributed by atoms with Gasteiger partial charge in [-0.3, -0.25) is 4.79 Å². The van der Waals surface area contributed by atoms with Crippen LogP contribution in [0.4, 0.5) is 27.7 Å². The molecule has 0 atom stereocenters. The number of halogens is 1. The predicted octanol–water partition coefficient (Wildman–Crippen LogP) is 4.19. The van der Waals surface area contributed by atoms with Crippen molar-refractivity contribution in [1.82, 2.24) is 15.0 Å². The molecule has 0 aliphatic carbocycles. The molecule has 0 bridgehead atoms. The minimum absolute atomic E-state index is 0.0415. The lowest BCUT2D eigenvalue weighted by atomic mass is 9.98. The monoisotopic (exact) mass is 443 g/mol. The number of hydrogen-bond donors (Lipinski definition) is 2. The summed E-state index contributed by atoms with van der Waals surface area (Å²) >= 11 is 0. The van der Waals surface area contributed by atoms with Crippen LogP contribution in [0.2, 0.25) is 0 Å². The van der Waals surface area contributed by atoms with Crippen LogP contribution >= 0.6 is 0 Å². The second-order valence-electron chi connectivity index (χ2n) is 7.68. The maximum atomic E-state index is 14.0. The summed E-state index contributed by atoms with van der Waals surface area (Å²) in [7, 11) is 0. The fourth-order valence-electron chi connectivity index (χ4n) is 3.57. The molecular weight excluding hydrogens is 421 g/mol. The molecule has 1 aromatic heterocycles. The number of rotatable bonds is 5. The summed E-state index contributed by atoms with van der Waals surface area (Å²) in [6.07, 6.45) is 4.15. The van der Waals surface area contributed by atoms with E-state index < -0.39 is 5.82 Å². The van der Waals surface area contributed by atoms with Gasteiger partial charge in [0.1, 0.15) is 18.2 Å². The molecule has 0 spiro atoms. The van der Waals surface area contributed by atoms with E-state index in [1.165, 1.54) is 25.4 Å². The summed E-state index contributed by atoms with van der Waals surface area (Å²) in [6.45, 7) is 4.61. The van der Waals surface area contributed by atoms with E-state index in [0.717, 1.165) is 28.1 Å². The summed E-state index contributed by atoms with van der Waals surface area (Å²) in [4.78, 5) is 26.4. The second-order valence-corrected chi connectivity index (χ2v) is 7.68. The first-order valence-corrected chi connectivity index (χ1v) is 10.4. The number of nitriles is 1. The zero-order valence-electron chi connectivity index (χ0n) is 18.3. The van der Waals surface area contributed by atoms with Crippen molar-refractivity contribution in [2.45, 2.75) is 20.3 Å². The van der Waals surface area contributed by atoms with Gasteiger partial charge in [0.25, 0.3) is 0 Å². The van der Waals surface area contributed by atoms with Gasteiger partial charge >= 0.3 is 0 Å². The second kappa shape index (κ2) is 9.44. The highest BCUT2D eigenvalue weighted by molar-refractivity contribution is 5.90. The van der Waals surface area contributed by atoms with Gasteiger partial charge in [-0.05, 0) is 54.3 Å². The van der Waals surface area contributed by atoms with Gasteiger partial charge in [0.2, 0.25) is 17.8 Å². The molecule has 0 fully saturated rings. The number of carbonyl (C=O) groups excluding carboxylic acids is 1. The molecule has 3 aromatic rings. The zero-order valence-corrected chi connectivity index (χ0v) is 18.3. The Morgan fingerprint density at radius 3 is 2.76 bits per heavy atom. The van der Waals surface area contributed by atoms with E-state index in [4.69, 9.17) is 5.26 Å². The van der Waals surface area contributed by atoms with E-state index in [1.54, 1.807) is 6.07 Å². The minimum Gasteiger partial charge on any atom is -0.337 e. The fourth-order valence-corrected chi connectivity index (χ4v) is 3.57. The number of nitrogens with one attached hydrogen (secondary N) is 2. The van der Waals surface area contributed by atoms with Gasteiger partial charge < -0.3 is 15.5 Å². The first-order valence-electron chi connectivity index (χ1n) is 10.4. The number of hydrogen-bond acceptors (Lipinski definition) is 7. The van der Waals surface area contributed by atoms with Gasteiger partial charge in [-0.1, -0.05) is 18.2 Å². The van der Waals surface area contributed by atoms with Crippen molar-refractivity contribution in [3.05, 3.63) is 71.3 Å². The fraction of sp³-hybridized carbons (Fsp3) is 0.208. The van der Waals surface area contributed by atoms with Crippen LogP contribution in [0.1, 0.15) is 30.0 Å². The first-order chi connectivity index (χ1) is 15.9. The van der Waals surface area contributed by atoms with Gasteiger partial charge in [0, 0.05) is 31.4 Å². The molecule has 33 heavy (non-hydrogen) atoms. The van der Waals surface area contributed by atoms with E-state index in [9.17, 15) is 9.18 Å². The van der Waals surface area contributed by atoms with Crippen molar-refractivity contribution in [3.63, 3.8) is 0 Å². The maximum Gasteiger partial charge on any atom is 0.232 e. The Balaban J connectivity index is 1.47. The molecule has 0 unspecified atom stereocenters. The molecule has 1 aliphatic rings. The molecule has 0 saturated carbocycles. The highest BCUT2D eigenvalue weighted by atomic mass is 19.1. The minimum atomic E-state index is -0.510. The number of nitrogens with zero attached hydrogens (tertiary/aromatic N) is 5. The number of amides is 1. The third kappa shape index (κ3) is 5.13. The van der Waals surface area contributed by atoms with Crippen LogP contribution in [0, 0.1) is 24.1 Å². The SMILES string of the molecule is CC(=O)Nc1cc(Nc2ncnc(N3CC=C(c4ccc(C#N)c(F)c4)CC3)n2)ccc1C. The van der Waals surface area contributed by atoms with Gasteiger partial charge in [0.05, 0.1) is 5.56 Å². The molecular formula is C24H22FN7O. The lowest BCUT2D eigenvalue weighted by Gasteiger charge is -2.26. The molecule has 166 valence electrons. The highest BCUT2D eigenvalue weighted by Gasteiger charge is 2.17. The Bertz CT molecular complexity index is 1280. The number of aryl methyl sites for hydroxylation is 1. The van der Waals surface area contributed by atoms with Gasteiger partial charge in [-0.2, -0.15) is 10.2 Å². The largest absolute Gasteiger partial charge is 0.337 e. The standard InChI is InChI=1S/C24H22FN7O/c1-15-3-6-20(12-22(15)29-16(2)33)30-23-27-14-28-24(31-23)32-9-7-17(8-10-32)18-4-5-19(13-26)21(25)11-18/h3-7,11-12,14H,8-10H2,1-2H3,(H,29,33)(H,27,28,30,31). The van der Waals surface area contributed by atoms with E-state index in [2.05, 4.69) is 25.6 Å². The van der Waals surface area contributed by atoms with E-state index >= 15 is 0 Å². The smallest absolute Gasteiger partial charge is 0.232 e. The van der Waals surface area contributed by atoms with Crippen molar-refractivity contribution >= 4 is 34.8 Å². The van der Waals surface area contributed by atoms with Gasteiger partial charge in [0.15, 0.2) is 0 Å². The van der Waals surface area contributed by atoms with Gasteiger partial charge in [-0.25, -0.2) is 14.4 Å². The summed E-state index contributed by atoms with van der Waals surface area (Å²) in [5, 5.41) is 14.9. The maximum absolute atomic E-state index is 14.0. The van der Waals surface area contributed by atoms with Crippen LogP contribution in [0.15, 0.2) is 48.8 Å². The molecule has 4 rings (SSSR count). The summed E-state index contributed by atoms with van der Waals surface area (Å²) < 4.78 is 14.0. The first kappa shape index (κ1) is 21.9. The Hall–Kier alpha value is -4.32. The van der Waals surface area contributed by atoms with Crippen molar-refractivity contribution in [3.8, 4) is 6.07 Å². The number of benzene rings is 2. The molecule has 9 heteroatoms.